The predicted octanol–water partition coefficient (Wildman–Crippen LogP) is 27.9. The van der Waals surface area contributed by atoms with E-state index in [0.717, 1.165) is 111 Å². The standard InChI is InChI=1S/C52H30N4O.C52H30N4S/c2*1-3-16-33-31(14-1)28-29-43-47(33)36-19-6-10-24-41(36)55(43)50-34-17-4-2-15-32(34)30-44-49(50)37-20-7-11-25-42(37)56(44)52-35-18-5-9-23-40(35)53-51(54-52)39-22-13-27-46-48(39)38-21-8-12-26-45(38)57-46/h2*1-30H. The van der Waals surface area contributed by atoms with Crippen LogP contribution in [0.15, 0.2) is 368 Å². The minimum absolute atomic E-state index is 0.655. The number of para-hydroxylation sites is 7. The maximum atomic E-state index is 6.33. The molecule has 0 unspecified atom stereocenters. The molecule has 0 amide bonds. The van der Waals surface area contributed by atoms with E-state index in [9.17, 15) is 0 Å². The Labute approximate surface area is 653 Å². The molecule has 0 radical (unpaired) electrons. The minimum Gasteiger partial charge on any atom is -0.456 e. The van der Waals surface area contributed by atoms with E-state index in [4.69, 9.17) is 24.4 Å². The highest BCUT2D eigenvalue weighted by Gasteiger charge is 2.29. The summed E-state index contributed by atoms with van der Waals surface area (Å²) in [5.41, 5.74) is 16.9. The van der Waals surface area contributed by atoms with Gasteiger partial charge in [0.15, 0.2) is 11.6 Å². The van der Waals surface area contributed by atoms with E-state index < -0.39 is 0 Å². The van der Waals surface area contributed by atoms with Crippen LogP contribution in [0, 0.1) is 0 Å². The number of aromatic nitrogens is 8. The van der Waals surface area contributed by atoms with Crippen molar-refractivity contribution in [3.8, 4) is 45.8 Å². The molecule has 528 valence electrons. The van der Waals surface area contributed by atoms with Crippen molar-refractivity contribution in [2.75, 3.05) is 0 Å². The van der Waals surface area contributed by atoms with Crippen LogP contribution in [-0.2, 0) is 0 Å². The summed E-state index contributed by atoms with van der Waals surface area (Å²) < 4.78 is 18.6. The molecule has 0 spiro atoms. The molecule has 114 heavy (non-hydrogen) atoms. The van der Waals surface area contributed by atoms with Gasteiger partial charge in [-0.25, -0.2) is 19.9 Å². The van der Waals surface area contributed by atoms with Crippen molar-refractivity contribution in [3.05, 3.63) is 364 Å². The molecule has 0 saturated heterocycles. The lowest BCUT2D eigenvalue weighted by atomic mass is 10.0. The second-order valence-corrected chi connectivity index (χ2v) is 30.9. The molecule has 0 N–H and O–H groups in total. The number of rotatable bonds is 6. The average Bonchev–Trinajstić information content (AvgIpc) is 1.54. The number of thiophene rings is 1. The van der Waals surface area contributed by atoms with Gasteiger partial charge >= 0.3 is 0 Å². The number of hydrogen-bond acceptors (Lipinski definition) is 6. The molecule has 0 aliphatic rings. The van der Waals surface area contributed by atoms with E-state index in [1.165, 1.54) is 123 Å². The molecule has 0 bridgehead atoms. The Morgan fingerprint density at radius 3 is 1.10 bits per heavy atom. The lowest BCUT2D eigenvalue weighted by Crippen LogP contribution is -2.03. The Balaban J connectivity index is 0.000000129. The molecule has 26 aromatic rings. The summed E-state index contributed by atoms with van der Waals surface area (Å²) in [6.07, 6.45) is 0. The number of hydrogen-bond donors (Lipinski definition) is 0. The van der Waals surface area contributed by atoms with Crippen molar-refractivity contribution in [2.45, 2.75) is 0 Å². The molecule has 8 aromatic heterocycles. The second kappa shape index (κ2) is 24.2. The van der Waals surface area contributed by atoms with E-state index in [1.807, 2.05) is 35.6 Å². The number of nitrogens with zero attached hydrogens (tertiary/aromatic N) is 8. The van der Waals surface area contributed by atoms with Crippen LogP contribution in [0.25, 0.3) is 240 Å². The SMILES string of the molecule is c1ccc2c(-n3c4ccccc4c4c5ccccc5ccc43)c3c4ccccc4n(-c4nc(-c5cccc6oc7ccccc7c56)nc5ccccc45)c3cc2c1.c1ccc2c(-n3c4ccccc4c4c5ccccc5ccc43)c3c4ccccc4n(-c4nc(-c5cccc6sc7ccccc7c56)nc5ccccc45)c3cc2c1. The van der Waals surface area contributed by atoms with Crippen molar-refractivity contribution in [1.82, 2.24) is 38.2 Å². The van der Waals surface area contributed by atoms with Gasteiger partial charge in [0.05, 0.1) is 66.5 Å². The van der Waals surface area contributed by atoms with E-state index in [0.29, 0.717) is 5.82 Å². The van der Waals surface area contributed by atoms with Gasteiger partial charge in [-0.15, -0.1) is 11.3 Å². The number of benzene rings is 18. The first-order chi connectivity index (χ1) is 56.6. The summed E-state index contributed by atoms with van der Waals surface area (Å²) in [5, 5.41) is 25.9. The summed E-state index contributed by atoms with van der Waals surface area (Å²) in [5.74, 6) is 3.08. The fraction of sp³-hybridized carbons (Fsp3) is 0. The maximum absolute atomic E-state index is 6.33. The quantitative estimate of drug-likeness (QED) is 0.166. The zero-order valence-electron chi connectivity index (χ0n) is 61.0. The topological polar surface area (TPSA) is 84.4 Å². The van der Waals surface area contributed by atoms with Crippen LogP contribution in [0.2, 0.25) is 0 Å². The van der Waals surface area contributed by atoms with Crippen molar-refractivity contribution < 1.29 is 4.42 Å². The fourth-order valence-corrected chi connectivity index (χ4v) is 20.2. The van der Waals surface area contributed by atoms with Gasteiger partial charge in [0.1, 0.15) is 22.8 Å². The van der Waals surface area contributed by atoms with E-state index in [-0.39, 0.29) is 0 Å². The molecule has 18 aromatic carbocycles. The maximum Gasteiger partial charge on any atom is 0.162 e. The van der Waals surface area contributed by atoms with Gasteiger partial charge in [-0.3, -0.25) is 9.13 Å². The fourth-order valence-electron chi connectivity index (χ4n) is 19.0. The monoisotopic (exact) mass is 1470 g/mol. The molecule has 0 atom stereocenters. The lowest BCUT2D eigenvalue weighted by Gasteiger charge is -2.16. The summed E-state index contributed by atoms with van der Waals surface area (Å²) in [6.45, 7) is 0. The van der Waals surface area contributed by atoms with Crippen molar-refractivity contribution in [1.29, 1.82) is 0 Å². The van der Waals surface area contributed by atoms with Gasteiger partial charge in [-0.2, -0.15) is 0 Å². The second-order valence-electron chi connectivity index (χ2n) is 29.8. The van der Waals surface area contributed by atoms with Gasteiger partial charge in [-0.1, -0.05) is 267 Å². The molecular formula is C104H60N8OS. The van der Waals surface area contributed by atoms with Gasteiger partial charge < -0.3 is 13.6 Å². The van der Waals surface area contributed by atoms with Crippen molar-refractivity contribution in [3.63, 3.8) is 0 Å². The molecule has 26 rings (SSSR count). The zero-order valence-corrected chi connectivity index (χ0v) is 61.9. The van der Waals surface area contributed by atoms with E-state index in [1.54, 1.807) is 0 Å². The smallest absolute Gasteiger partial charge is 0.162 e. The molecule has 8 heterocycles. The first-order valence-electron chi connectivity index (χ1n) is 38.7. The van der Waals surface area contributed by atoms with E-state index >= 15 is 0 Å². The summed E-state index contributed by atoms with van der Waals surface area (Å²) in [6, 6.07) is 131. The molecule has 0 aliphatic heterocycles. The Hall–Kier alpha value is -15.1. The highest BCUT2D eigenvalue weighted by Crippen LogP contribution is 2.50. The van der Waals surface area contributed by atoms with Crippen LogP contribution in [0.4, 0.5) is 0 Å². The third-order valence-corrected chi connectivity index (χ3v) is 24.9. The largest absolute Gasteiger partial charge is 0.456 e. The Morgan fingerprint density at radius 1 is 0.211 bits per heavy atom. The van der Waals surface area contributed by atoms with E-state index in [2.05, 4.69) is 358 Å². The first-order valence-corrected chi connectivity index (χ1v) is 39.5. The Kier molecular flexibility index (Phi) is 13.3. The van der Waals surface area contributed by atoms with Crippen LogP contribution >= 0.6 is 11.3 Å². The highest BCUT2D eigenvalue weighted by molar-refractivity contribution is 7.26. The van der Waals surface area contributed by atoms with Crippen LogP contribution < -0.4 is 0 Å². The molecular weight excluding hydrogens is 1410 g/mol. The van der Waals surface area contributed by atoms with Gasteiger partial charge in [0, 0.05) is 107 Å². The van der Waals surface area contributed by atoms with Crippen molar-refractivity contribution >= 4 is 206 Å². The average molecular weight is 1470 g/mol. The number of furan rings is 1. The van der Waals surface area contributed by atoms with Crippen LogP contribution in [-0.4, -0.2) is 38.2 Å². The third-order valence-electron chi connectivity index (χ3n) is 23.8. The normalized spacial score (nSPS) is 12.2. The number of fused-ring (bicyclic) bond motifs is 26. The molecule has 9 nitrogen and oxygen atoms in total. The molecule has 10 heteroatoms. The van der Waals surface area contributed by atoms with Crippen LogP contribution in [0.1, 0.15) is 0 Å². The first kappa shape index (κ1) is 62.8. The van der Waals surface area contributed by atoms with Crippen molar-refractivity contribution in [2.24, 2.45) is 0 Å². The minimum atomic E-state index is 0.655. The highest BCUT2D eigenvalue weighted by atomic mass is 32.1. The Bertz CT molecular complexity index is 8160. The van der Waals surface area contributed by atoms with Gasteiger partial charge in [0.2, 0.25) is 0 Å². The lowest BCUT2D eigenvalue weighted by molar-refractivity contribution is 0.669. The zero-order chi connectivity index (χ0) is 74.4. The molecule has 0 aliphatic carbocycles. The van der Waals surface area contributed by atoms with Gasteiger partial charge in [-0.05, 0) is 129 Å². The predicted molar refractivity (Wildman–Crippen MR) is 477 cm³/mol. The molecule has 0 fully saturated rings. The summed E-state index contributed by atoms with van der Waals surface area (Å²) >= 11 is 1.82. The van der Waals surface area contributed by atoms with Crippen LogP contribution in [0.3, 0.4) is 0 Å². The Morgan fingerprint density at radius 2 is 0.579 bits per heavy atom. The molecule has 0 saturated carbocycles. The summed E-state index contributed by atoms with van der Waals surface area (Å²) in [4.78, 5) is 21.7. The third kappa shape index (κ3) is 8.99. The summed E-state index contributed by atoms with van der Waals surface area (Å²) in [7, 11) is 0. The van der Waals surface area contributed by atoms with Gasteiger partial charge in [0.25, 0.3) is 0 Å². The van der Waals surface area contributed by atoms with Crippen LogP contribution in [0.5, 0.6) is 0 Å².